The molecule has 0 amide bonds. The highest BCUT2D eigenvalue weighted by Crippen LogP contribution is 2.09. The molecule has 0 aliphatic rings. The summed E-state index contributed by atoms with van der Waals surface area (Å²) in [4.78, 5) is 0. The van der Waals surface area contributed by atoms with Gasteiger partial charge in [0.05, 0.1) is 6.61 Å². The van der Waals surface area contributed by atoms with Gasteiger partial charge in [-0.15, -0.1) is 0 Å². The molecular formula is C14H15NO. The fourth-order valence-electron chi connectivity index (χ4n) is 1.52. The highest BCUT2D eigenvalue weighted by molar-refractivity contribution is 5.43. The summed E-state index contributed by atoms with van der Waals surface area (Å²) in [6.07, 6.45) is 0. The van der Waals surface area contributed by atoms with Crippen LogP contribution < -0.4 is 5.32 Å². The quantitative estimate of drug-likeness (QED) is 0.818. The third-order valence-electron chi connectivity index (χ3n) is 2.48. The predicted molar refractivity (Wildman–Crippen MR) is 66.1 cm³/mol. The molecule has 0 heterocycles. The fourth-order valence-corrected chi connectivity index (χ4v) is 1.52. The van der Waals surface area contributed by atoms with Crippen molar-refractivity contribution in [1.82, 2.24) is 0 Å². The van der Waals surface area contributed by atoms with Crippen LogP contribution in [0.25, 0.3) is 0 Å². The lowest BCUT2D eigenvalue weighted by molar-refractivity contribution is 0.282. The van der Waals surface area contributed by atoms with Crippen LogP contribution >= 0.6 is 0 Å². The van der Waals surface area contributed by atoms with E-state index in [1.54, 1.807) is 0 Å². The molecule has 0 saturated heterocycles. The Balaban J connectivity index is 1.94. The minimum atomic E-state index is 0.104. The Kier molecular flexibility index (Phi) is 3.57. The van der Waals surface area contributed by atoms with Crippen LogP contribution in [0, 0.1) is 0 Å². The van der Waals surface area contributed by atoms with E-state index in [-0.39, 0.29) is 6.61 Å². The van der Waals surface area contributed by atoms with Crippen LogP contribution in [0.2, 0.25) is 0 Å². The van der Waals surface area contributed by atoms with Crippen molar-refractivity contribution >= 4 is 5.69 Å². The summed E-state index contributed by atoms with van der Waals surface area (Å²) in [6.45, 7) is 0.905. The van der Waals surface area contributed by atoms with E-state index in [0.29, 0.717) is 0 Å². The minimum absolute atomic E-state index is 0.104. The maximum absolute atomic E-state index is 8.92. The summed E-state index contributed by atoms with van der Waals surface area (Å²) in [5.41, 5.74) is 3.28. The summed E-state index contributed by atoms with van der Waals surface area (Å²) in [5, 5.41) is 12.3. The van der Waals surface area contributed by atoms with E-state index in [1.807, 2.05) is 54.6 Å². The fraction of sp³-hybridized carbons (Fsp3) is 0.143. The molecule has 0 unspecified atom stereocenters. The Bertz CT molecular complexity index is 422. The van der Waals surface area contributed by atoms with Gasteiger partial charge in [-0.1, -0.05) is 42.5 Å². The van der Waals surface area contributed by atoms with Crippen LogP contribution in [0.1, 0.15) is 11.1 Å². The number of hydrogen-bond donors (Lipinski definition) is 2. The molecule has 0 radical (unpaired) electrons. The predicted octanol–water partition coefficient (Wildman–Crippen LogP) is 2.79. The summed E-state index contributed by atoms with van der Waals surface area (Å²) < 4.78 is 0. The number of anilines is 1. The molecule has 2 rings (SSSR count). The highest BCUT2D eigenvalue weighted by Gasteiger charge is 1.94. The summed E-state index contributed by atoms with van der Waals surface area (Å²) >= 11 is 0. The molecule has 0 fully saturated rings. The number of aliphatic hydroxyl groups is 1. The van der Waals surface area contributed by atoms with Crippen LogP contribution in [-0.4, -0.2) is 5.11 Å². The molecule has 0 aromatic heterocycles. The molecule has 2 nitrogen and oxygen atoms in total. The first-order valence-corrected chi connectivity index (χ1v) is 5.36. The number of benzene rings is 2. The van der Waals surface area contributed by atoms with Gasteiger partial charge in [-0.2, -0.15) is 0 Å². The Morgan fingerprint density at radius 1 is 0.812 bits per heavy atom. The van der Waals surface area contributed by atoms with Crippen LogP contribution in [0.5, 0.6) is 0 Å². The number of nitrogens with one attached hydrogen (secondary N) is 1. The summed E-state index contributed by atoms with van der Waals surface area (Å²) in [5.74, 6) is 0. The molecule has 2 N–H and O–H groups in total. The SMILES string of the molecule is OCc1ccc(CNc2ccccc2)cc1. The van der Waals surface area contributed by atoms with E-state index in [2.05, 4.69) is 5.32 Å². The van der Waals surface area contributed by atoms with E-state index in [1.165, 1.54) is 5.56 Å². The molecule has 0 aliphatic carbocycles. The zero-order valence-corrected chi connectivity index (χ0v) is 9.06. The van der Waals surface area contributed by atoms with E-state index in [9.17, 15) is 0 Å². The Morgan fingerprint density at radius 2 is 1.44 bits per heavy atom. The van der Waals surface area contributed by atoms with Crippen molar-refractivity contribution in [2.24, 2.45) is 0 Å². The van der Waals surface area contributed by atoms with E-state index in [0.717, 1.165) is 17.8 Å². The summed E-state index contributed by atoms with van der Waals surface area (Å²) in [7, 11) is 0. The Morgan fingerprint density at radius 3 is 2.06 bits per heavy atom. The Labute approximate surface area is 95.6 Å². The largest absolute Gasteiger partial charge is 0.392 e. The van der Waals surface area contributed by atoms with Gasteiger partial charge >= 0.3 is 0 Å². The zero-order chi connectivity index (χ0) is 11.2. The topological polar surface area (TPSA) is 32.3 Å². The molecule has 82 valence electrons. The second-order valence-corrected chi connectivity index (χ2v) is 3.69. The van der Waals surface area contributed by atoms with Crippen LogP contribution in [0.3, 0.4) is 0 Å². The van der Waals surface area contributed by atoms with Gasteiger partial charge in [0.1, 0.15) is 0 Å². The van der Waals surface area contributed by atoms with Gasteiger partial charge in [-0.3, -0.25) is 0 Å². The average molecular weight is 213 g/mol. The van der Waals surface area contributed by atoms with Gasteiger partial charge in [-0.05, 0) is 23.3 Å². The van der Waals surface area contributed by atoms with Gasteiger partial charge < -0.3 is 10.4 Å². The number of para-hydroxylation sites is 1. The van der Waals surface area contributed by atoms with Crippen LogP contribution in [0.15, 0.2) is 54.6 Å². The van der Waals surface area contributed by atoms with Gasteiger partial charge in [0.2, 0.25) is 0 Å². The second kappa shape index (κ2) is 5.33. The van der Waals surface area contributed by atoms with E-state index in [4.69, 9.17) is 5.11 Å². The van der Waals surface area contributed by atoms with Crippen LogP contribution in [0.4, 0.5) is 5.69 Å². The summed E-state index contributed by atoms with van der Waals surface area (Å²) in [6, 6.07) is 18.1. The average Bonchev–Trinajstić information content (AvgIpc) is 2.38. The van der Waals surface area contributed by atoms with Crippen molar-refractivity contribution in [2.45, 2.75) is 13.2 Å². The number of rotatable bonds is 4. The lowest BCUT2D eigenvalue weighted by atomic mass is 10.1. The van der Waals surface area contributed by atoms with Crippen molar-refractivity contribution in [1.29, 1.82) is 0 Å². The van der Waals surface area contributed by atoms with Crippen molar-refractivity contribution < 1.29 is 5.11 Å². The third kappa shape index (κ3) is 2.84. The molecule has 16 heavy (non-hydrogen) atoms. The maximum Gasteiger partial charge on any atom is 0.0681 e. The standard InChI is InChI=1S/C14H15NO/c16-11-13-8-6-12(7-9-13)10-15-14-4-2-1-3-5-14/h1-9,15-16H,10-11H2. The number of hydrogen-bond acceptors (Lipinski definition) is 2. The van der Waals surface area contributed by atoms with E-state index >= 15 is 0 Å². The van der Waals surface area contributed by atoms with Crippen molar-refractivity contribution in [2.75, 3.05) is 5.32 Å². The van der Waals surface area contributed by atoms with Crippen molar-refractivity contribution in [3.8, 4) is 0 Å². The highest BCUT2D eigenvalue weighted by atomic mass is 16.3. The smallest absolute Gasteiger partial charge is 0.0681 e. The molecule has 0 spiro atoms. The molecule has 0 atom stereocenters. The lowest BCUT2D eigenvalue weighted by Crippen LogP contribution is -1.99. The first-order valence-electron chi connectivity index (χ1n) is 5.36. The van der Waals surface area contributed by atoms with Crippen LogP contribution in [-0.2, 0) is 13.2 Å². The first-order chi connectivity index (χ1) is 7.88. The van der Waals surface area contributed by atoms with Crippen molar-refractivity contribution in [3.05, 3.63) is 65.7 Å². The van der Waals surface area contributed by atoms with Gasteiger partial charge in [0.15, 0.2) is 0 Å². The second-order valence-electron chi connectivity index (χ2n) is 3.69. The monoisotopic (exact) mass is 213 g/mol. The lowest BCUT2D eigenvalue weighted by Gasteiger charge is -2.06. The molecule has 2 aromatic carbocycles. The minimum Gasteiger partial charge on any atom is -0.392 e. The molecule has 2 heteroatoms. The molecular weight excluding hydrogens is 198 g/mol. The molecule has 2 aromatic rings. The molecule has 0 aliphatic heterocycles. The third-order valence-corrected chi connectivity index (χ3v) is 2.48. The Hall–Kier alpha value is -1.80. The first kappa shape index (κ1) is 10.7. The number of aliphatic hydroxyl groups excluding tert-OH is 1. The zero-order valence-electron chi connectivity index (χ0n) is 9.06. The molecule has 0 bridgehead atoms. The van der Waals surface area contributed by atoms with Crippen molar-refractivity contribution in [3.63, 3.8) is 0 Å². The van der Waals surface area contributed by atoms with Gasteiger partial charge in [-0.25, -0.2) is 0 Å². The maximum atomic E-state index is 8.92. The van der Waals surface area contributed by atoms with Gasteiger partial charge in [0, 0.05) is 12.2 Å². The van der Waals surface area contributed by atoms with E-state index < -0.39 is 0 Å². The molecule has 0 saturated carbocycles. The van der Waals surface area contributed by atoms with Gasteiger partial charge in [0.25, 0.3) is 0 Å². The normalized spacial score (nSPS) is 10.1.